The van der Waals surface area contributed by atoms with Crippen molar-refractivity contribution >= 4 is 17.3 Å². The number of hydroxylamine groups is 1. The highest BCUT2D eigenvalue weighted by atomic mass is 16.5. The van der Waals surface area contributed by atoms with Crippen LogP contribution in [0.5, 0.6) is 11.5 Å². The number of anilines is 2. The summed E-state index contributed by atoms with van der Waals surface area (Å²) in [7, 11) is 0. The Hall–Kier alpha value is -4.09. The molecule has 4 aromatic carbocycles. The highest BCUT2D eigenvalue weighted by Gasteiger charge is 2.51. The lowest BCUT2D eigenvalue weighted by atomic mass is 9.84. The van der Waals surface area contributed by atoms with Gasteiger partial charge in [-0.2, -0.15) is 0 Å². The number of ether oxygens (including phenoxy) is 1. The standard InChI is InChI=1S/C27H22N2O3/c30-26-27(24-16-7-8-17-25(24)28-26,29(31)21-11-3-1-4-12-21)19-20-10-9-15-23(18-20)32-22-13-5-2-6-14-22/h1-18,31H,19H2,(H,28,30)/t27-/m1/s1. The summed E-state index contributed by atoms with van der Waals surface area (Å²) in [5.74, 6) is 1.12. The first-order chi connectivity index (χ1) is 15.7. The normalized spacial score (nSPS) is 16.8. The zero-order valence-corrected chi connectivity index (χ0v) is 17.3. The van der Waals surface area contributed by atoms with Gasteiger partial charge >= 0.3 is 0 Å². The van der Waals surface area contributed by atoms with Gasteiger partial charge in [0.2, 0.25) is 0 Å². The van der Waals surface area contributed by atoms with Crippen molar-refractivity contribution in [2.24, 2.45) is 0 Å². The van der Waals surface area contributed by atoms with Crippen molar-refractivity contribution in [3.63, 3.8) is 0 Å². The molecule has 1 atom stereocenters. The third-order valence-electron chi connectivity index (χ3n) is 5.70. The average Bonchev–Trinajstić information content (AvgIpc) is 3.12. The van der Waals surface area contributed by atoms with E-state index in [4.69, 9.17) is 4.74 Å². The summed E-state index contributed by atoms with van der Waals surface area (Å²) < 4.78 is 5.98. The van der Waals surface area contributed by atoms with Gasteiger partial charge in [0.15, 0.2) is 5.54 Å². The van der Waals surface area contributed by atoms with Crippen LogP contribution in [0.1, 0.15) is 11.1 Å². The minimum absolute atomic E-state index is 0.257. The van der Waals surface area contributed by atoms with Crippen LogP contribution in [-0.2, 0) is 16.8 Å². The van der Waals surface area contributed by atoms with E-state index in [2.05, 4.69) is 5.32 Å². The Morgan fingerprint density at radius 3 is 2.22 bits per heavy atom. The van der Waals surface area contributed by atoms with Crippen LogP contribution in [0.15, 0.2) is 109 Å². The van der Waals surface area contributed by atoms with Crippen molar-refractivity contribution in [2.75, 3.05) is 10.4 Å². The first-order valence-corrected chi connectivity index (χ1v) is 10.4. The van der Waals surface area contributed by atoms with Gasteiger partial charge < -0.3 is 10.1 Å². The number of hydrogen-bond donors (Lipinski definition) is 2. The highest BCUT2D eigenvalue weighted by Crippen LogP contribution is 2.44. The molecule has 0 unspecified atom stereocenters. The SMILES string of the molecule is O=C1Nc2ccccc2[C@@]1(Cc1cccc(Oc2ccccc2)c1)N(O)c1ccccc1. The smallest absolute Gasteiger partial charge is 0.257 e. The summed E-state index contributed by atoms with van der Waals surface area (Å²) in [6.07, 6.45) is 0.257. The Morgan fingerprint density at radius 1 is 0.781 bits per heavy atom. The van der Waals surface area contributed by atoms with Gasteiger partial charge in [0.1, 0.15) is 11.5 Å². The van der Waals surface area contributed by atoms with Crippen LogP contribution >= 0.6 is 0 Å². The number of hydrogen-bond acceptors (Lipinski definition) is 4. The first kappa shape index (κ1) is 19.8. The predicted molar refractivity (Wildman–Crippen MR) is 124 cm³/mol. The predicted octanol–water partition coefficient (Wildman–Crippen LogP) is 5.76. The third-order valence-corrected chi connectivity index (χ3v) is 5.70. The topological polar surface area (TPSA) is 61.8 Å². The minimum Gasteiger partial charge on any atom is -0.457 e. The molecule has 0 saturated carbocycles. The lowest BCUT2D eigenvalue weighted by Crippen LogP contribution is -2.51. The van der Waals surface area contributed by atoms with Crippen LogP contribution in [0.3, 0.4) is 0 Å². The van der Waals surface area contributed by atoms with E-state index in [9.17, 15) is 10.0 Å². The molecule has 5 rings (SSSR count). The number of nitrogens with one attached hydrogen (secondary N) is 1. The molecule has 0 spiro atoms. The van der Waals surface area contributed by atoms with Crippen molar-refractivity contribution in [3.8, 4) is 11.5 Å². The Kier molecular flexibility index (Phi) is 5.09. The fourth-order valence-corrected chi connectivity index (χ4v) is 4.19. The highest BCUT2D eigenvalue weighted by molar-refractivity contribution is 6.08. The van der Waals surface area contributed by atoms with E-state index in [0.29, 0.717) is 17.1 Å². The van der Waals surface area contributed by atoms with E-state index in [1.54, 1.807) is 12.1 Å². The molecule has 4 aromatic rings. The van der Waals surface area contributed by atoms with Crippen LogP contribution in [-0.4, -0.2) is 11.1 Å². The summed E-state index contributed by atoms with van der Waals surface area (Å²) in [5.41, 5.74) is 1.51. The molecule has 0 fully saturated rings. The number of benzene rings is 4. The van der Waals surface area contributed by atoms with E-state index in [1.165, 1.54) is 0 Å². The van der Waals surface area contributed by atoms with Gasteiger partial charge in [0.25, 0.3) is 5.91 Å². The maximum absolute atomic E-state index is 13.4. The van der Waals surface area contributed by atoms with Crippen LogP contribution in [0.4, 0.5) is 11.4 Å². The van der Waals surface area contributed by atoms with Gasteiger partial charge in [0, 0.05) is 17.7 Å². The molecule has 32 heavy (non-hydrogen) atoms. The van der Waals surface area contributed by atoms with Gasteiger partial charge in [-0.25, -0.2) is 5.06 Å². The molecule has 5 heteroatoms. The van der Waals surface area contributed by atoms with Crippen molar-refractivity contribution in [1.29, 1.82) is 0 Å². The Balaban J connectivity index is 1.56. The Labute approximate surface area is 186 Å². The third kappa shape index (κ3) is 3.49. The van der Waals surface area contributed by atoms with Gasteiger partial charge in [0.05, 0.1) is 5.69 Å². The summed E-state index contributed by atoms with van der Waals surface area (Å²) in [4.78, 5) is 13.4. The van der Waals surface area contributed by atoms with Crippen LogP contribution in [0, 0.1) is 0 Å². The van der Waals surface area contributed by atoms with Gasteiger partial charge in [-0.3, -0.25) is 10.0 Å². The quantitative estimate of drug-likeness (QED) is 0.388. The van der Waals surface area contributed by atoms with E-state index in [-0.39, 0.29) is 12.3 Å². The van der Waals surface area contributed by atoms with Gasteiger partial charge in [-0.05, 0) is 48.0 Å². The number of carbonyl (C=O) groups excluding carboxylic acids is 1. The second kappa shape index (κ2) is 8.21. The zero-order chi connectivity index (χ0) is 22.0. The van der Waals surface area contributed by atoms with Crippen LogP contribution < -0.4 is 15.1 Å². The molecule has 1 amide bonds. The molecule has 1 heterocycles. The number of nitrogens with zero attached hydrogens (tertiary/aromatic N) is 1. The molecule has 5 nitrogen and oxygen atoms in total. The van der Waals surface area contributed by atoms with Crippen molar-refractivity contribution in [1.82, 2.24) is 0 Å². The molecule has 2 N–H and O–H groups in total. The first-order valence-electron chi connectivity index (χ1n) is 10.4. The van der Waals surface area contributed by atoms with Gasteiger partial charge in [-0.15, -0.1) is 0 Å². The molecular weight excluding hydrogens is 400 g/mol. The van der Waals surface area contributed by atoms with Crippen molar-refractivity contribution in [3.05, 3.63) is 120 Å². The number of amides is 1. The monoisotopic (exact) mass is 422 g/mol. The van der Waals surface area contributed by atoms with Crippen LogP contribution in [0.2, 0.25) is 0 Å². The van der Waals surface area contributed by atoms with Crippen molar-refractivity contribution < 1.29 is 14.7 Å². The number of para-hydroxylation sites is 3. The van der Waals surface area contributed by atoms with Crippen molar-refractivity contribution in [2.45, 2.75) is 12.0 Å². The summed E-state index contributed by atoms with van der Waals surface area (Å²) in [6.45, 7) is 0. The number of fused-ring (bicyclic) bond motifs is 1. The molecular formula is C27H22N2O3. The molecule has 0 radical (unpaired) electrons. The summed E-state index contributed by atoms with van der Waals surface area (Å²) in [6, 6.07) is 33.7. The summed E-state index contributed by atoms with van der Waals surface area (Å²) >= 11 is 0. The Morgan fingerprint density at radius 2 is 1.44 bits per heavy atom. The van der Waals surface area contributed by atoms with E-state index < -0.39 is 5.54 Å². The fourth-order valence-electron chi connectivity index (χ4n) is 4.19. The van der Waals surface area contributed by atoms with Gasteiger partial charge in [-0.1, -0.05) is 66.7 Å². The van der Waals surface area contributed by atoms with Crippen LogP contribution in [0.25, 0.3) is 0 Å². The molecule has 0 aliphatic carbocycles. The van der Waals surface area contributed by atoms with E-state index >= 15 is 0 Å². The Bertz CT molecular complexity index is 1240. The van der Waals surface area contributed by atoms with E-state index in [0.717, 1.165) is 21.9 Å². The second-order valence-electron chi connectivity index (χ2n) is 7.75. The summed E-state index contributed by atoms with van der Waals surface area (Å²) in [5, 5.41) is 15.4. The molecule has 0 aromatic heterocycles. The second-order valence-corrected chi connectivity index (χ2v) is 7.75. The lowest BCUT2D eigenvalue weighted by Gasteiger charge is -2.36. The minimum atomic E-state index is -1.32. The van der Waals surface area contributed by atoms with E-state index in [1.807, 2.05) is 97.1 Å². The number of carbonyl (C=O) groups is 1. The lowest BCUT2D eigenvalue weighted by molar-refractivity contribution is -0.123. The molecule has 158 valence electrons. The molecule has 1 aliphatic heterocycles. The largest absolute Gasteiger partial charge is 0.457 e. The molecule has 0 bridgehead atoms. The number of rotatable bonds is 6. The molecule has 1 aliphatic rings. The maximum Gasteiger partial charge on any atom is 0.257 e. The fraction of sp³-hybridized carbons (Fsp3) is 0.0741. The zero-order valence-electron chi connectivity index (χ0n) is 17.3. The maximum atomic E-state index is 13.4. The average molecular weight is 422 g/mol. The molecule has 0 saturated heterocycles.